The fraction of sp³-hybridized carbons (Fsp3) is 0.280. The third-order valence-corrected chi connectivity index (χ3v) is 6.40. The molecule has 1 saturated carbocycles. The molecule has 0 radical (unpaired) electrons. The lowest BCUT2D eigenvalue weighted by Crippen LogP contribution is -2.25. The largest absolute Gasteiger partial charge is 0.491 e. The number of hydrogen-bond donors (Lipinski definition) is 4. The highest BCUT2D eigenvalue weighted by Gasteiger charge is 2.24. The number of ether oxygens (including phenoxy) is 1. The van der Waals surface area contributed by atoms with Gasteiger partial charge >= 0.3 is 0 Å². The Hall–Kier alpha value is -3.20. The molecule has 2 aromatic carbocycles. The SMILES string of the molecule is Cc1ccc(C(=O)NC2CC2)cc1NC(=O)c1ccc(-c2cccc(OCC(O)CO)c2)s1. The molecule has 1 heterocycles. The van der Waals surface area contributed by atoms with E-state index in [1.165, 1.54) is 11.3 Å². The van der Waals surface area contributed by atoms with Crippen LogP contribution in [0.15, 0.2) is 54.6 Å². The number of amides is 2. The standard InChI is InChI=1S/C25H26N2O5S/c1-15-5-6-17(24(30)26-18-7-8-18)12-21(15)27-25(31)23-10-9-22(33-23)16-3-2-4-20(11-16)32-14-19(29)13-28/h2-6,9-12,18-19,28-29H,7-8,13-14H2,1H3,(H,26,30)(H,27,31). The van der Waals surface area contributed by atoms with Gasteiger partial charge in [0.15, 0.2) is 0 Å². The second-order valence-corrected chi connectivity index (χ2v) is 9.15. The summed E-state index contributed by atoms with van der Waals surface area (Å²) in [5, 5.41) is 24.3. The quantitative estimate of drug-likeness (QED) is 0.385. The Morgan fingerprint density at radius 3 is 2.70 bits per heavy atom. The Bertz CT molecular complexity index is 1160. The molecule has 0 bridgehead atoms. The summed E-state index contributed by atoms with van der Waals surface area (Å²) in [6, 6.07) is 16.5. The Balaban J connectivity index is 1.45. The van der Waals surface area contributed by atoms with Gasteiger partial charge in [0.2, 0.25) is 0 Å². The Morgan fingerprint density at radius 1 is 1.12 bits per heavy atom. The fourth-order valence-electron chi connectivity index (χ4n) is 3.18. The van der Waals surface area contributed by atoms with Crippen LogP contribution in [0.3, 0.4) is 0 Å². The van der Waals surface area contributed by atoms with Crippen molar-refractivity contribution in [1.82, 2.24) is 5.32 Å². The summed E-state index contributed by atoms with van der Waals surface area (Å²) in [7, 11) is 0. The zero-order chi connectivity index (χ0) is 23.4. The number of aliphatic hydroxyl groups excluding tert-OH is 2. The van der Waals surface area contributed by atoms with E-state index < -0.39 is 6.10 Å². The van der Waals surface area contributed by atoms with Gasteiger partial charge < -0.3 is 25.6 Å². The normalized spacial score (nSPS) is 13.9. The highest BCUT2D eigenvalue weighted by molar-refractivity contribution is 7.17. The third-order valence-electron chi connectivity index (χ3n) is 5.26. The lowest BCUT2D eigenvalue weighted by molar-refractivity contribution is 0.0536. The number of benzene rings is 2. The summed E-state index contributed by atoms with van der Waals surface area (Å²) in [6.45, 7) is 1.52. The molecule has 0 aliphatic heterocycles. The number of carbonyl (C=O) groups excluding carboxylic acids is 2. The summed E-state index contributed by atoms with van der Waals surface area (Å²) < 4.78 is 5.51. The van der Waals surface area contributed by atoms with Crippen LogP contribution >= 0.6 is 11.3 Å². The molecule has 1 fully saturated rings. The number of rotatable bonds is 9. The summed E-state index contributed by atoms with van der Waals surface area (Å²) in [4.78, 5) is 26.7. The minimum atomic E-state index is -0.938. The number of aliphatic hydroxyl groups is 2. The maximum atomic E-state index is 12.9. The Labute approximate surface area is 196 Å². The van der Waals surface area contributed by atoms with Crippen molar-refractivity contribution >= 4 is 28.8 Å². The second kappa shape index (κ2) is 10.2. The molecule has 1 atom stereocenters. The van der Waals surface area contributed by atoms with Gasteiger partial charge in [-0.05, 0) is 67.3 Å². The average Bonchev–Trinajstić information content (AvgIpc) is 3.49. The highest BCUT2D eigenvalue weighted by atomic mass is 32.1. The Kier molecular flexibility index (Phi) is 7.08. The van der Waals surface area contributed by atoms with E-state index in [0.717, 1.165) is 28.8 Å². The molecule has 172 valence electrons. The molecule has 4 rings (SSSR count). The van der Waals surface area contributed by atoms with Crippen LogP contribution in [-0.2, 0) is 0 Å². The monoisotopic (exact) mass is 466 g/mol. The van der Waals surface area contributed by atoms with Gasteiger partial charge in [-0.15, -0.1) is 11.3 Å². The zero-order valence-corrected chi connectivity index (χ0v) is 19.0. The van der Waals surface area contributed by atoms with Crippen molar-refractivity contribution in [3.05, 3.63) is 70.6 Å². The molecule has 33 heavy (non-hydrogen) atoms. The molecule has 1 aromatic heterocycles. The number of hydrogen-bond acceptors (Lipinski definition) is 6. The molecular formula is C25H26N2O5S. The maximum Gasteiger partial charge on any atom is 0.265 e. The first-order valence-corrected chi connectivity index (χ1v) is 11.6. The minimum absolute atomic E-state index is 0.00482. The maximum absolute atomic E-state index is 12.9. The van der Waals surface area contributed by atoms with Crippen molar-refractivity contribution in [1.29, 1.82) is 0 Å². The molecule has 1 aliphatic carbocycles. The predicted octanol–water partition coefficient (Wildman–Crippen LogP) is 3.60. The third kappa shape index (κ3) is 5.98. The van der Waals surface area contributed by atoms with E-state index in [0.29, 0.717) is 21.9 Å². The molecule has 8 heteroatoms. The number of nitrogens with one attached hydrogen (secondary N) is 2. The van der Waals surface area contributed by atoms with E-state index in [1.807, 2.05) is 37.3 Å². The average molecular weight is 467 g/mol. The van der Waals surface area contributed by atoms with E-state index in [-0.39, 0.29) is 31.1 Å². The van der Waals surface area contributed by atoms with E-state index in [2.05, 4.69) is 10.6 Å². The van der Waals surface area contributed by atoms with E-state index in [4.69, 9.17) is 9.84 Å². The first-order chi connectivity index (χ1) is 15.9. The zero-order valence-electron chi connectivity index (χ0n) is 18.2. The number of thiophene rings is 1. The number of anilines is 1. The predicted molar refractivity (Wildman–Crippen MR) is 128 cm³/mol. The lowest BCUT2D eigenvalue weighted by Gasteiger charge is -2.11. The van der Waals surface area contributed by atoms with Gasteiger partial charge in [0.1, 0.15) is 18.5 Å². The summed E-state index contributed by atoms with van der Waals surface area (Å²) in [5.74, 6) is 0.198. The molecule has 1 aliphatic rings. The van der Waals surface area contributed by atoms with Crippen LogP contribution in [0.25, 0.3) is 10.4 Å². The molecule has 4 N–H and O–H groups in total. The lowest BCUT2D eigenvalue weighted by atomic mass is 10.1. The fourth-order valence-corrected chi connectivity index (χ4v) is 4.08. The molecular weight excluding hydrogens is 440 g/mol. The van der Waals surface area contributed by atoms with Gasteiger partial charge in [-0.1, -0.05) is 18.2 Å². The van der Waals surface area contributed by atoms with Crippen molar-refractivity contribution < 1.29 is 24.5 Å². The smallest absolute Gasteiger partial charge is 0.265 e. The van der Waals surface area contributed by atoms with Crippen LogP contribution in [0.2, 0.25) is 0 Å². The van der Waals surface area contributed by atoms with E-state index in [9.17, 15) is 14.7 Å². The van der Waals surface area contributed by atoms with Gasteiger partial charge in [0.25, 0.3) is 11.8 Å². The van der Waals surface area contributed by atoms with E-state index >= 15 is 0 Å². The molecule has 1 unspecified atom stereocenters. The molecule has 7 nitrogen and oxygen atoms in total. The topological polar surface area (TPSA) is 108 Å². The van der Waals surface area contributed by atoms with Crippen molar-refractivity contribution in [2.24, 2.45) is 0 Å². The van der Waals surface area contributed by atoms with Gasteiger partial charge in [-0.3, -0.25) is 9.59 Å². The van der Waals surface area contributed by atoms with Crippen molar-refractivity contribution in [2.75, 3.05) is 18.5 Å². The van der Waals surface area contributed by atoms with Crippen LogP contribution in [0.4, 0.5) is 5.69 Å². The van der Waals surface area contributed by atoms with E-state index in [1.54, 1.807) is 24.3 Å². The highest BCUT2D eigenvalue weighted by Crippen LogP contribution is 2.31. The van der Waals surface area contributed by atoms with Crippen LogP contribution in [0.5, 0.6) is 5.75 Å². The number of aryl methyl sites for hydroxylation is 1. The van der Waals surface area contributed by atoms with Gasteiger partial charge in [-0.2, -0.15) is 0 Å². The van der Waals surface area contributed by atoms with Gasteiger partial charge in [-0.25, -0.2) is 0 Å². The molecule has 0 spiro atoms. The van der Waals surface area contributed by atoms with Gasteiger partial charge in [0.05, 0.1) is 11.5 Å². The molecule has 0 saturated heterocycles. The van der Waals surface area contributed by atoms with Crippen LogP contribution < -0.4 is 15.4 Å². The Morgan fingerprint density at radius 2 is 1.94 bits per heavy atom. The first kappa shape index (κ1) is 23.0. The van der Waals surface area contributed by atoms with Crippen molar-refractivity contribution in [2.45, 2.75) is 31.9 Å². The van der Waals surface area contributed by atoms with Crippen molar-refractivity contribution in [3.63, 3.8) is 0 Å². The number of carbonyl (C=O) groups is 2. The minimum Gasteiger partial charge on any atom is -0.491 e. The molecule has 2 amide bonds. The summed E-state index contributed by atoms with van der Waals surface area (Å²) >= 11 is 1.35. The van der Waals surface area contributed by atoms with Crippen LogP contribution in [0, 0.1) is 6.92 Å². The second-order valence-electron chi connectivity index (χ2n) is 8.07. The molecule has 3 aromatic rings. The summed E-state index contributed by atoms with van der Waals surface area (Å²) in [6.07, 6.45) is 1.09. The van der Waals surface area contributed by atoms with Crippen LogP contribution in [0.1, 0.15) is 38.4 Å². The van der Waals surface area contributed by atoms with Crippen molar-refractivity contribution in [3.8, 4) is 16.2 Å². The summed E-state index contributed by atoms with van der Waals surface area (Å²) in [5.41, 5.74) is 2.89. The van der Waals surface area contributed by atoms with Gasteiger partial charge in [0, 0.05) is 22.2 Å². The van der Waals surface area contributed by atoms with Crippen LogP contribution in [-0.4, -0.2) is 47.4 Å². The first-order valence-electron chi connectivity index (χ1n) is 10.8.